The number of anilines is 1. The molecule has 0 saturated carbocycles. The van der Waals surface area contributed by atoms with Gasteiger partial charge in [0.05, 0.1) is 5.56 Å². The number of aliphatic hydroxyl groups is 1. The summed E-state index contributed by atoms with van der Waals surface area (Å²) in [6.07, 6.45) is 0.468. The van der Waals surface area contributed by atoms with Crippen LogP contribution in [-0.2, 0) is 20.9 Å². The molecule has 7 heteroatoms. The van der Waals surface area contributed by atoms with E-state index in [4.69, 9.17) is 10.5 Å². The molecule has 0 spiro atoms. The number of carbonyl (C=O) groups excluding carboxylic acids is 3. The first-order valence-electron chi connectivity index (χ1n) is 10.4. The lowest BCUT2D eigenvalue weighted by molar-refractivity contribution is -0.176. The van der Waals surface area contributed by atoms with Crippen LogP contribution in [0.2, 0.25) is 0 Å². The molecule has 0 bridgehead atoms. The number of nitrogens with one attached hydrogen (secondary N) is 1. The number of benzene rings is 2. The van der Waals surface area contributed by atoms with Crippen molar-refractivity contribution in [3.63, 3.8) is 0 Å². The molecular formula is C24H26N2O5. The maximum absolute atomic E-state index is 13.8. The molecule has 1 heterocycles. The van der Waals surface area contributed by atoms with Gasteiger partial charge in [-0.1, -0.05) is 52.0 Å². The predicted molar refractivity (Wildman–Crippen MR) is 115 cm³/mol. The highest BCUT2D eigenvalue weighted by Crippen LogP contribution is 2.59. The van der Waals surface area contributed by atoms with Crippen molar-refractivity contribution in [3.8, 4) is 5.75 Å². The molecule has 0 radical (unpaired) electrons. The first kappa shape index (κ1) is 21.1. The molecule has 0 aromatic heterocycles. The van der Waals surface area contributed by atoms with Crippen LogP contribution in [0.4, 0.5) is 5.69 Å². The van der Waals surface area contributed by atoms with Crippen LogP contribution in [0.15, 0.2) is 36.4 Å². The normalized spacial score (nSPS) is 24.3. The van der Waals surface area contributed by atoms with Gasteiger partial charge >= 0.3 is 0 Å². The second kappa shape index (κ2) is 6.92. The van der Waals surface area contributed by atoms with Crippen LogP contribution in [0, 0.1) is 5.92 Å². The first-order valence-corrected chi connectivity index (χ1v) is 10.4. The van der Waals surface area contributed by atoms with Crippen molar-refractivity contribution in [2.45, 2.75) is 51.4 Å². The number of hydrogen-bond acceptors (Lipinski definition) is 6. The lowest BCUT2D eigenvalue weighted by atomic mass is 9.81. The van der Waals surface area contributed by atoms with E-state index in [1.807, 2.05) is 19.9 Å². The minimum Gasteiger partial charge on any atom is -0.454 e. The topological polar surface area (TPSA) is 119 Å². The fourth-order valence-electron chi connectivity index (χ4n) is 4.39. The van der Waals surface area contributed by atoms with Crippen molar-refractivity contribution in [1.82, 2.24) is 5.32 Å². The second-order valence-corrected chi connectivity index (χ2v) is 8.63. The van der Waals surface area contributed by atoms with Gasteiger partial charge in [0.15, 0.2) is 0 Å². The van der Waals surface area contributed by atoms with Crippen LogP contribution in [-0.4, -0.2) is 22.6 Å². The van der Waals surface area contributed by atoms with E-state index < -0.39 is 34.7 Å². The average molecular weight is 422 g/mol. The number of nitrogen functional groups attached to an aromatic ring is 1. The molecular weight excluding hydrogens is 396 g/mol. The Hall–Kier alpha value is -3.19. The van der Waals surface area contributed by atoms with Gasteiger partial charge in [-0.25, -0.2) is 0 Å². The summed E-state index contributed by atoms with van der Waals surface area (Å²) in [6.45, 7) is 7.46. The molecule has 0 fully saturated rings. The summed E-state index contributed by atoms with van der Waals surface area (Å²) in [5.41, 5.74) is 5.71. The van der Waals surface area contributed by atoms with E-state index in [0.717, 1.165) is 5.56 Å². The zero-order valence-electron chi connectivity index (χ0n) is 18.0. The lowest BCUT2D eigenvalue weighted by Gasteiger charge is -2.34. The minimum absolute atomic E-state index is 0.0832. The third-order valence-electron chi connectivity index (χ3n) is 6.46. The SMILES string of the molecule is CCC(C)C(=O)C(=O)NC12C(=O)c3c(N)cccc3C1(O)Oc1cc(C(C)C)ccc12. The first-order chi connectivity index (χ1) is 14.6. The van der Waals surface area contributed by atoms with Crippen LogP contribution < -0.4 is 15.8 Å². The molecule has 4 N–H and O–H groups in total. The van der Waals surface area contributed by atoms with Crippen molar-refractivity contribution < 1.29 is 24.2 Å². The molecule has 7 nitrogen and oxygen atoms in total. The van der Waals surface area contributed by atoms with Gasteiger partial charge < -0.3 is 20.9 Å². The van der Waals surface area contributed by atoms with Gasteiger partial charge in [-0.2, -0.15) is 0 Å². The molecule has 2 aromatic rings. The Morgan fingerprint density at radius 2 is 1.87 bits per heavy atom. The van der Waals surface area contributed by atoms with Crippen molar-refractivity contribution in [2.75, 3.05) is 5.73 Å². The Bertz CT molecular complexity index is 1120. The van der Waals surface area contributed by atoms with Gasteiger partial charge in [-0.05, 0) is 30.0 Å². The fourth-order valence-corrected chi connectivity index (χ4v) is 4.39. The Balaban J connectivity index is 1.94. The third-order valence-corrected chi connectivity index (χ3v) is 6.46. The second-order valence-electron chi connectivity index (χ2n) is 8.63. The standard InChI is InChI=1S/C24H26N2O5/c1-5-13(4)20(27)22(29)26-23-15-10-9-14(12(2)3)11-18(15)31-24(23,30)16-7-6-8-17(25)19(16)21(23)28/h6-13,30H,5,25H2,1-4H3,(H,26,29). The molecule has 2 aliphatic rings. The van der Waals surface area contributed by atoms with Crippen LogP contribution in [0.25, 0.3) is 0 Å². The van der Waals surface area contributed by atoms with Gasteiger partial charge in [0.2, 0.25) is 17.1 Å². The fraction of sp³-hybridized carbons (Fsp3) is 0.375. The van der Waals surface area contributed by atoms with E-state index in [0.29, 0.717) is 12.0 Å². The van der Waals surface area contributed by atoms with E-state index in [1.165, 1.54) is 0 Å². The molecule has 1 aliphatic carbocycles. The lowest BCUT2D eigenvalue weighted by Crippen LogP contribution is -2.61. The Labute approximate surface area is 180 Å². The smallest absolute Gasteiger partial charge is 0.288 e. The number of fused-ring (bicyclic) bond motifs is 5. The number of nitrogens with two attached hydrogens (primary N) is 1. The molecule has 2 aromatic carbocycles. The van der Waals surface area contributed by atoms with Crippen molar-refractivity contribution in [1.29, 1.82) is 0 Å². The molecule has 4 rings (SSSR count). The van der Waals surface area contributed by atoms with Crippen molar-refractivity contribution >= 4 is 23.2 Å². The molecule has 3 atom stereocenters. The summed E-state index contributed by atoms with van der Waals surface area (Å²) < 4.78 is 5.99. The number of carbonyl (C=O) groups is 3. The van der Waals surface area contributed by atoms with E-state index in [9.17, 15) is 19.5 Å². The van der Waals surface area contributed by atoms with Crippen molar-refractivity contribution in [3.05, 3.63) is 58.7 Å². The number of hydrogen-bond donors (Lipinski definition) is 3. The maximum Gasteiger partial charge on any atom is 0.288 e. The molecule has 1 aliphatic heterocycles. The number of ketones is 2. The molecule has 1 amide bonds. The summed E-state index contributed by atoms with van der Waals surface area (Å²) in [4.78, 5) is 39.3. The van der Waals surface area contributed by atoms with Gasteiger partial charge in [-0.3, -0.25) is 14.4 Å². The third kappa shape index (κ3) is 2.66. The maximum atomic E-state index is 13.8. The summed E-state index contributed by atoms with van der Waals surface area (Å²) in [5.74, 6) is -4.51. The molecule has 0 saturated heterocycles. The average Bonchev–Trinajstić information content (AvgIpc) is 3.10. The minimum atomic E-state index is -2.22. The molecule has 31 heavy (non-hydrogen) atoms. The number of rotatable bonds is 5. The quantitative estimate of drug-likeness (QED) is 0.504. The van der Waals surface area contributed by atoms with Crippen molar-refractivity contribution in [2.24, 2.45) is 5.92 Å². The van der Waals surface area contributed by atoms with Crippen LogP contribution in [0.5, 0.6) is 5.75 Å². The van der Waals surface area contributed by atoms with Crippen LogP contribution in [0.3, 0.4) is 0 Å². The Kier molecular flexibility index (Phi) is 4.70. The highest BCUT2D eigenvalue weighted by Gasteiger charge is 2.72. The Morgan fingerprint density at radius 1 is 1.16 bits per heavy atom. The number of Topliss-reactive ketones (excluding diaryl/α,β-unsaturated/α-hetero) is 2. The molecule has 3 unspecified atom stereocenters. The van der Waals surface area contributed by atoms with Gasteiger partial charge in [0.25, 0.3) is 11.7 Å². The number of ether oxygens (including phenoxy) is 1. The predicted octanol–water partition coefficient (Wildman–Crippen LogP) is 2.75. The van der Waals surface area contributed by atoms with Crippen LogP contribution in [0.1, 0.15) is 67.1 Å². The van der Waals surface area contributed by atoms with E-state index in [-0.39, 0.29) is 28.5 Å². The monoisotopic (exact) mass is 422 g/mol. The van der Waals surface area contributed by atoms with E-state index in [1.54, 1.807) is 44.2 Å². The zero-order valence-corrected chi connectivity index (χ0v) is 18.0. The summed E-state index contributed by atoms with van der Waals surface area (Å²) in [6, 6.07) is 9.93. The number of amides is 1. The van der Waals surface area contributed by atoms with E-state index in [2.05, 4.69) is 5.32 Å². The summed E-state index contributed by atoms with van der Waals surface area (Å²) in [7, 11) is 0. The zero-order chi connectivity index (χ0) is 22.7. The Morgan fingerprint density at radius 3 is 2.52 bits per heavy atom. The highest BCUT2D eigenvalue weighted by atomic mass is 16.6. The summed E-state index contributed by atoms with van der Waals surface area (Å²) in [5, 5.41) is 14.4. The summed E-state index contributed by atoms with van der Waals surface area (Å²) >= 11 is 0. The van der Waals surface area contributed by atoms with Gasteiger partial charge in [0.1, 0.15) is 5.75 Å². The van der Waals surface area contributed by atoms with E-state index >= 15 is 0 Å². The largest absolute Gasteiger partial charge is 0.454 e. The molecule has 162 valence electrons. The van der Waals surface area contributed by atoms with Crippen LogP contribution >= 0.6 is 0 Å². The highest BCUT2D eigenvalue weighted by molar-refractivity contribution is 6.38. The van der Waals surface area contributed by atoms with Gasteiger partial charge in [0, 0.05) is 22.7 Å². The van der Waals surface area contributed by atoms with Gasteiger partial charge in [-0.15, -0.1) is 0 Å².